The van der Waals surface area contributed by atoms with E-state index in [1.54, 1.807) is 25.3 Å². The number of para-hydroxylation sites is 1. The molecule has 132 valence electrons. The molecule has 0 aliphatic rings. The third kappa shape index (κ3) is 4.32. The molecule has 3 aromatic rings. The van der Waals surface area contributed by atoms with Crippen molar-refractivity contribution in [1.29, 1.82) is 0 Å². The Bertz CT molecular complexity index is 900. The van der Waals surface area contributed by atoms with Crippen LogP contribution in [0, 0.1) is 5.82 Å². The number of aromatic nitrogens is 2. The second-order valence-electron chi connectivity index (χ2n) is 5.43. The third-order valence-electron chi connectivity index (χ3n) is 3.63. The minimum Gasteiger partial charge on any atom is -0.496 e. The van der Waals surface area contributed by atoms with Crippen molar-refractivity contribution < 1.29 is 13.9 Å². The highest BCUT2D eigenvalue weighted by atomic mass is 19.1. The maximum Gasteiger partial charge on any atom is 0.276 e. The first-order valence-electron chi connectivity index (χ1n) is 7.92. The fraction of sp³-hybridized carbons (Fsp3) is 0.105. The summed E-state index contributed by atoms with van der Waals surface area (Å²) in [6.07, 6.45) is 0. The highest BCUT2D eigenvalue weighted by Crippen LogP contribution is 2.18. The van der Waals surface area contributed by atoms with Gasteiger partial charge in [0.25, 0.3) is 5.91 Å². The van der Waals surface area contributed by atoms with Crippen molar-refractivity contribution >= 4 is 17.4 Å². The summed E-state index contributed by atoms with van der Waals surface area (Å²) < 4.78 is 18.4. The fourth-order valence-corrected chi connectivity index (χ4v) is 2.34. The summed E-state index contributed by atoms with van der Waals surface area (Å²) in [7, 11) is 1.62. The Labute approximate surface area is 150 Å². The summed E-state index contributed by atoms with van der Waals surface area (Å²) in [5.74, 6) is 0.418. The number of halogens is 1. The number of methoxy groups -OCH3 is 1. The number of hydrogen-bond donors (Lipinski definition) is 2. The molecule has 3 rings (SSSR count). The van der Waals surface area contributed by atoms with Gasteiger partial charge in [0.2, 0.25) is 0 Å². The van der Waals surface area contributed by atoms with E-state index in [9.17, 15) is 9.18 Å². The molecule has 1 aromatic heterocycles. The zero-order valence-corrected chi connectivity index (χ0v) is 14.1. The number of rotatable bonds is 6. The Morgan fingerprint density at radius 1 is 1.08 bits per heavy atom. The molecule has 0 saturated carbocycles. The summed E-state index contributed by atoms with van der Waals surface area (Å²) in [5, 5.41) is 13.6. The minimum atomic E-state index is -0.459. The first kappa shape index (κ1) is 17.3. The van der Waals surface area contributed by atoms with Gasteiger partial charge in [0.1, 0.15) is 17.4 Å². The number of benzene rings is 2. The molecule has 26 heavy (non-hydrogen) atoms. The molecule has 6 nitrogen and oxygen atoms in total. The van der Waals surface area contributed by atoms with Crippen molar-refractivity contribution in [2.45, 2.75) is 6.54 Å². The number of hydrogen-bond acceptors (Lipinski definition) is 5. The summed E-state index contributed by atoms with van der Waals surface area (Å²) >= 11 is 0. The zero-order chi connectivity index (χ0) is 18.4. The van der Waals surface area contributed by atoms with E-state index < -0.39 is 11.7 Å². The summed E-state index contributed by atoms with van der Waals surface area (Å²) in [6.45, 7) is 0.507. The van der Waals surface area contributed by atoms with E-state index in [1.807, 2.05) is 24.3 Å². The number of ether oxygens (including phenoxy) is 1. The predicted molar refractivity (Wildman–Crippen MR) is 96.7 cm³/mol. The van der Waals surface area contributed by atoms with Crippen molar-refractivity contribution in [2.75, 3.05) is 17.7 Å². The molecular weight excluding hydrogens is 335 g/mol. The lowest BCUT2D eigenvalue weighted by molar-refractivity contribution is 0.102. The predicted octanol–water partition coefficient (Wildman–Crippen LogP) is 3.49. The molecule has 0 spiro atoms. The highest BCUT2D eigenvalue weighted by Gasteiger charge is 2.09. The average Bonchev–Trinajstić information content (AvgIpc) is 2.67. The number of carbonyl (C=O) groups excluding carboxylic acids is 1. The van der Waals surface area contributed by atoms with Crippen molar-refractivity contribution in [3.05, 3.63) is 77.7 Å². The maximum absolute atomic E-state index is 13.2. The van der Waals surface area contributed by atoms with Gasteiger partial charge in [-0.1, -0.05) is 24.3 Å². The topological polar surface area (TPSA) is 76.1 Å². The second kappa shape index (κ2) is 8.06. The molecule has 0 saturated heterocycles. The number of amides is 1. The molecule has 7 heteroatoms. The van der Waals surface area contributed by atoms with Gasteiger partial charge in [-0.3, -0.25) is 4.79 Å². The van der Waals surface area contributed by atoms with Crippen LogP contribution in [0.15, 0.2) is 60.7 Å². The van der Waals surface area contributed by atoms with Crippen LogP contribution in [-0.4, -0.2) is 23.2 Å². The Hall–Kier alpha value is -3.48. The molecule has 0 atom stereocenters. The highest BCUT2D eigenvalue weighted by molar-refractivity contribution is 6.02. The van der Waals surface area contributed by atoms with Gasteiger partial charge in [0.15, 0.2) is 5.69 Å². The maximum atomic E-state index is 13.2. The van der Waals surface area contributed by atoms with Crippen molar-refractivity contribution in [2.24, 2.45) is 0 Å². The first-order valence-corrected chi connectivity index (χ1v) is 7.92. The van der Waals surface area contributed by atoms with Crippen LogP contribution >= 0.6 is 0 Å². The van der Waals surface area contributed by atoms with Crippen molar-refractivity contribution in [3.63, 3.8) is 0 Å². The number of nitrogens with one attached hydrogen (secondary N) is 2. The van der Waals surface area contributed by atoms with Crippen LogP contribution in [0.4, 0.5) is 15.9 Å². The summed E-state index contributed by atoms with van der Waals surface area (Å²) in [4.78, 5) is 12.1. The van der Waals surface area contributed by atoms with Crippen molar-refractivity contribution in [3.8, 4) is 5.75 Å². The molecule has 0 radical (unpaired) electrons. The van der Waals surface area contributed by atoms with E-state index >= 15 is 0 Å². The number of nitrogens with zero attached hydrogens (tertiary/aromatic N) is 2. The molecule has 2 aromatic carbocycles. The first-order chi connectivity index (χ1) is 12.7. The van der Waals surface area contributed by atoms with E-state index in [0.717, 1.165) is 11.3 Å². The molecule has 1 heterocycles. The monoisotopic (exact) mass is 352 g/mol. The summed E-state index contributed by atoms with van der Waals surface area (Å²) in [6, 6.07) is 16.5. The van der Waals surface area contributed by atoms with Gasteiger partial charge >= 0.3 is 0 Å². The lowest BCUT2D eigenvalue weighted by atomic mass is 10.2. The standard InChI is InChI=1S/C19H17FN4O2/c1-26-17-8-3-2-5-13(17)12-21-18-10-9-16(23-24-18)19(25)22-15-7-4-6-14(20)11-15/h2-11H,12H2,1H3,(H,21,24)(H,22,25). The van der Waals surface area contributed by atoms with Crippen LogP contribution < -0.4 is 15.4 Å². The number of carbonyl (C=O) groups is 1. The second-order valence-corrected chi connectivity index (χ2v) is 5.43. The largest absolute Gasteiger partial charge is 0.496 e. The van der Waals surface area contributed by atoms with E-state index in [1.165, 1.54) is 18.2 Å². The average molecular weight is 352 g/mol. The van der Waals surface area contributed by atoms with Crippen LogP contribution in [0.3, 0.4) is 0 Å². The summed E-state index contributed by atoms with van der Waals surface area (Å²) in [5.41, 5.74) is 1.47. The smallest absolute Gasteiger partial charge is 0.276 e. The Morgan fingerprint density at radius 3 is 2.65 bits per heavy atom. The lowest BCUT2D eigenvalue weighted by Crippen LogP contribution is -2.15. The van der Waals surface area contributed by atoms with Crippen LogP contribution in [0.5, 0.6) is 5.75 Å². The Kier molecular flexibility index (Phi) is 5.38. The van der Waals surface area contributed by atoms with Gasteiger partial charge in [0.05, 0.1) is 7.11 Å². The normalized spacial score (nSPS) is 10.2. The Balaban J connectivity index is 1.62. The van der Waals surface area contributed by atoms with Gasteiger partial charge < -0.3 is 15.4 Å². The molecule has 0 unspecified atom stereocenters. The molecular formula is C19H17FN4O2. The molecule has 0 fully saturated rings. The number of anilines is 2. The molecule has 0 bridgehead atoms. The van der Waals surface area contributed by atoms with Crippen LogP contribution in [-0.2, 0) is 6.54 Å². The molecule has 2 N–H and O–H groups in total. The van der Waals surface area contributed by atoms with Gasteiger partial charge in [-0.05, 0) is 36.4 Å². The van der Waals surface area contributed by atoms with Gasteiger partial charge in [-0.15, -0.1) is 10.2 Å². The molecule has 0 aliphatic carbocycles. The van der Waals surface area contributed by atoms with Gasteiger partial charge in [-0.2, -0.15) is 0 Å². The van der Waals surface area contributed by atoms with Gasteiger partial charge in [-0.25, -0.2) is 4.39 Å². The van der Waals surface area contributed by atoms with E-state index in [4.69, 9.17) is 4.74 Å². The SMILES string of the molecule is COc1ccccc1CNc1ccc(C(=O)Nc2cccc(F)c2)nn1. The third-order valence-corrected chi connectivity index (χ3v) is 3.63. The van der Waals surface area contributed by atoms with E-state index in [0.29, 0.717) is 18.1 Å². The quantitative estimate of drug-likeness (QED) is 0.710. The van der Waals surface area contributed by atoms with E-state index in [2.05, 4.69) is 20.8 Å². The van der Waals surface area contributed by atoms with Crippen LogP contribution in [0.25, 0.3) is 0 Å². The van der Waals surface area contributed by atoms with Gasteiger partial charge in [0, 0.05) is 17.8 Å². The van der Waals surface area contributed by atoms with Crippen LogP contribution in [0.2, 0.25) is 0 Å². The molecule has 1 amide bonds. The molecule has 0 aliphatic heterocycles. The zero-order valence-electron chi connectivity index (χ0n) is 14.1. The lowest BCUT2D eigenvalue weighted by Gasteiger charge is -2.10. The fourth-order valence-electron chi connectivity index (χ4n) is 2.34. The van der Waals surface area contributed by atoms with Crippen LogP contribution in [0.1, 0.15) is 16.1 Å². The van der Waals surface area contributed by atoms with Crippen molar-refractivity contribution in [1.82, 2.24) is 10.2 Å². The minimum absolute atomic E-state index is 0.136. The Morgan fingerprint density at radius 2 is 1.92 bits per heavy atom. The van der Waals surface area contributed by atoms with E-state index in [-0.39, 0.29) is 5.69 Å².